The van der Waals surface area contributed by atoms with Crippen LogP contribution in [0.4, 0.5) is 0 Å². The molecule has 0 heterocycles. The molecular weight excluding hydrogens is 328 g/mol. The zero-order chi connectivity index (χ0) is 17.7. The third-order valence-electron chi connectivity index (χ3n) is 3.65. The number of sulfonamides is 1. The minimum Gasteiger partial charge on any atom is -0.496 e. The average molecular weight is 348 g/mol. The van der Waals surface area contributed by atoms with E-state index < -0.39 is 10.0 Å². The monoisotopic (exact) mass is 348 g/mol. The largest absolute Gasteiger partial charge is 0.496 e. The number of nitrogens with one attached hydrogen (secondary N) is 2. The fourth-order valence-corrected chi connectivity index (χ4v) is 3.02. The summed E-state index contributed by atoms with van der Waals surface area (Å²) in [6.07, 6.45) is 0. The van der Waals surface area contributed by atoms with E-state index in [0.717, 1.165) is 5.56 Å². The van der Waals surface area contributed by atoms with E-state index in [2.05, 4.69) is 10.0 Å². The van der Waals surface area contributed by atoms with Crippen LogP contribution in [0, 0.1) is 0 Å². The van der Waals surface area contributed by atoms with E-state index in [-0.39, 0.29) is 16.8 Å². The molecule has 6 nitrogen and oxygen atoms in total. The van der Waals surface area contributed by atoms with E-state index in [4.69, 9.17) is 4.74 Å². The van der Waals surface area contributed by atoms with E-state index in [1.54, 1.807) is 7.11 Å². The summed E-state index contributed by atoms with van der Waals surface area (Å²) in [5.41, 5.74) is 1.24. The van der Waals surface area contributed by atoms with E-state index in [1.165, 1.54) is 31.3 Å². The van der Waals surface area contributed by atoms with E-state index in [1.807, 2.05) is 31.2 Å². The number of rotatable bonds is 6. The van der Waals surface area contributed by atoms with Gasteiger partial charge in [-0.05, 0) is 44.3 Å². The lowest BCUT2D eigenvalue weighted by molar-refractivity contribution is 0.0939. The molecule has 2 aromatic carbocycles. The van der Waals surface area contributed by atoms with Gasteiger partial charge in [0.2, 0.25) is 10.0 Å². The van der Waals surface area contributed by atoms with Gasteiger partial charge < -0.3 is 10.1 Å². The van der Waals surface area contributed by atoms with Crippen molar-refractivity contribution >= 4 is 15.9 Å². The quantitative estimate of drug-likeness (QED) is 0.837. The van der Waals surface area contributed by atoms with E-state index in [9.17, 15) is 13.2 Å². The number of amides is 1. The van der Waals surface area contributed by atoms with Gasteiger partial charge >= 0.3 is 0 Å². The summed E-state index contributed by atoms with van der Waals surface area (Å²) >= 11 is 0. The average Bonchev–Trinajstić information content (AvgIpc) is 2.61. The molecule has 0 aliphatic heterocycles. The summed E-state index contributed by atoms with van der Waals surface area (Å²) in [5, 5.41) is 2.88. The zero-order valence-corrected chi connectivity index (χ0v) is 14.6. The van der Waals surface area contributed by atoms with Gasteiger partial charge in [-0.3, -0.25) is 4.79 Å². The number of methoxy groups -OCH3 is 1. The molecule has 0 saturated heterocycles. The SMILES string of the molecule is CNS(=O)(=O)c1ccc(C(=O)NC(C)c2ccccc2OC)cc1. The Hall–Kier alpha value is -2.38. The van der Waals surface area contributed by atoms with Gasteiger partial charge in [0.1, 0.15) is 5.75 Å². The molecule has 0 fully saturated rings. The number of carbonyl (C=O) groups is 1. The molecule has 2 N–H and O–H groups in total. The molecule has 0 aliphatic rings. The van der Waals surface area contributed by atoms with Crippen molar-refractivity contribution < 1.29 is 17.9 Å². The van der Waals surface area contributed by atoms with Crippen molar-refractivity contribution in [1.29, 1.82) is 0 Å². The van der Waals surface area contributed by atoms with Gasteiger partial charge in [-0.2, -0.15) is 0 Å². The van der Waals surface area contributed by atoms with Crippen LogP contribution in [0.3, 0.4) is 0 Å². The number of para-hydroxylation sites is 1. The van der Waals surface area contributed by atoms with Gasteiger partial charge in [-0.15, -0.1) is 0 Å². The molecule has 0 spiro atoms. The fourth-order valence-electron chi connectivity index (χ4n) is 2.29. The Labute approximate surface area is 141 Å². The van der Waals surface area contributed by atoms with Gasteiger partial charge in [0, 0.05) is 11.1 Å². The highest BCUT2D eigenvalue weighted by atomic mass is 32.2. The molecule has 0 aliphatic carbocycles. The van der Waals surface area contributed by atoms with Crippen LogP contribution >= 0.6 is 0 Å². The van der Waals surface area contributed by atoms with Crippen LogP contribution in [0.5, 0.6) is 5.75 Å². The second kappa shape index (κ2) is 7.46. The molecule has 2 rings (SSSR count). The van der Waals surface area contributed by atoms with Crippen molar-refractivity contribution in [3.8, 4) is 5.75 Å². The number of carbonyl (C=O) groups excluding carboxylic acids is 1. The Morgan fingerprint density at radius 3 is 2.29 bits per heavy atom. The van der Waals surface area contributed by atoms with Crippen molar-refractivity contribution in [1.82, 2.24) is 10.0 Å². The molecule has 7 heteroatoms. The molecule has 1 atom stereocenters. The first-order valence-corrected chi connectivity index (χ1v) is 8.84. The normalized spacial score (nSPS) is 12.5. The molecule has 2 aromatic rings. The number of ether oxygens (including phenoxy) is 1. The first kappa shape index (κ1) is 18.0. The highest BCUT2D eigenvalue weighted by Gasteiger charge is 2.16. The standard InChI is InChI=1S/C17H20N2O4S/c1-12(15-6-4-5-7-16(15)23-3)19-17(20)13-8-10-14(11-9-13)24(21,22)18-2/h4-12,18H,1-3H3,(H,19,20). The van der Waals surface area contributed by atoms with Gasteiger partial charge in [0.15, 0.2) is 0 Å². The van der Waals surface area contributed by atoms with Gasteiger partial charge in [-0.25, -0.2) is 13.1 Å². The van der Waals surface area contributed by atoms with Crippen LogP contribution in [-0.4, -0.2) is 28.5 Å². The first-order valence-electron chi connectivity index (χ1n) is 7.36. The molecule has 0 saturated carbocycles. The summed E-state index contributed by atoms with van der Waals surface area (Å²) < 4.78 is 30.9. The second-order valence-corrected chi connectivity index (χ2v) is 7.06. The second-order valence-electron chi connectivity index (χ2n) is 5.17. The third kappa shape index (κ3) is 3.93. The van der Waals surface area contributed by atoms with Crippen molar-refractivity contribution in [2.75, 3.05) is 14.2 Å². The molecular formula is C17H20N2O4S. The van der Waals surface area contributed by atoms with Crippen LogP contribution in [-0.2, 0) is 10.0 Å². The van der Waals surface area contributed by atoms with Gasteiger partial charge in [0.05, 0.1) is 18.0 Å². The first-order chi connectivity index (χ1) is 11.4. The topological polar surface area (TPSA) is 84.5 Å². The minimum atomic E-state index is -3.51. The number of hydrogen-bond acceptors (Lipinski definition) is 4. The van der Waals surface area contributed by atoms with E-state index in [0.29, 0.717) is 11.3 Å². The molecule has 0 bridgehead atoms. The maximum atomic E-state index is 12.3. The zero-order valence-electron chi connectivity index (χ0n) is 13.7. The predicted molar refractivity (Wildman–Crippen MR) is 91.6 cm³/mol. The maximum Gasteiger partial charge on any atom is 0.251 e. The number of hydrogen-bond donors (Lipinski definition) is 2. The third-order valence-corrected chi connectivity index (χ3v) is 5.08. The van der Waals surface area contributed by atoms with Crippen molar-refractivity contribution in [2.24, 2.45) is 0 Å². The van der Waals surface area contributed by atoms with Crippen molar-refractivity contribution in [2.45, 2.75) is 17.9 Å². The van der Waals surface area contributed by atoms with Crippen LogP contribution < -0.4 is 14.8 Å². The Kier molecular flexibility index (Phi) is 5.58. The van der Waals surface area contributed by atoms with Crippen LogP contribution in [0.25, 0.3) is 0 Å². The smallest absolute Gasteiger partial charge is 0.251 e. The molecule has 1 unspecified atom stereocenters. The summed E-state index contributed by atoms with van der Waals surface area (Å²) in [6.45, 7) is 1.86. The lowest BCUT2D eigenvalue weighted by Crippen LogP contribution is -2.27. The Bertz CT molecular complexity index is 817. The van der Waals surface area contributed by atoms with Crippen LogP contribution in [0.1, 0.15) is 28.9 Å². The highest BCUT2D eigenvalue weighted by molar-refractivity contribution is 7.89. The minimum absolute atomic E-state index is 0.110. The maximum absolute atomic E-state index is 12.3. The Balaban J connectivity index is 2.15. The van der Waals surface area contributed by atoms with Crippen LogP contribution in [0.15, 0.2) is 53.4 Å². The summed E-state index contributed by atoms with van der Waals surface area (Å²) in [6, 6.07) is 12.9. The predicted octanol–water partition coefficient (Wildman–Crippen LogP) is 2.09. The lowest BCUT2D eigenvalue weighted by Gasteiger charge is -2.17. The highest BCUT2D eigenvalue weighted by Crippen LogP contribution is 2.24. The Morgan fingerprint density at radius 1 is 1.08 bits per heavy atom. The summed E-state index contributed by atoms with van der Waals surface area (Å²) in [5.74, 6) is 0.405. The van der Waals surface area contributed by atoms with Gasteiger partial charge in [0.25, 0.3) is 5.91 Å². The molecule has 24 heavy (non-hydrogen) atoms. The summed E-state index contributed by atoms with van der Waals surface area (Å²) in [7, 11) is -0.598. The molecule has 128 valence electrons. The molecule has 0 aromatic heterocycles. The summed E-state index contributed by atoms with van der Waals surface area (Å²) in [4.78, 5) is 12.5. The van der Waals surface area contributed by atoms with Crippen molar-refractivity contribution in [3.63, 3.8) is 0 Å². The fraction of sp³-hybridized carbons (Fsp3) is 0.235. The van der Waals surface area contributed by atoms with E-state index >= 15 is 0 Å². The molecule has 0 radical (unpaired) electrons. The van der Waals surface area contributed by atoms with Crippen LogP contribution in [0.2, 0.25) is 0 Å². The number of benzene rings is 2. The lowest BCUT2D eigenvalue weighted by atomic mass is 10.1. The van der Waals surface area contributed by atoms with Crippen molar-refractivity contribution in [3.05, 3.63) is 59.7 Å². The molecule has 1 amide bonds. The Morgan fingerprint density at radius 2 is 1.71 bits per heavy atom. The van der Waals surface area contributed by atoms with Gasteiger partial charge in [-0.1, -0.05) is 18.2 Å².